The van der Waals surface area contributed by atoms with Gasteiger partial charge in [-0.25, -0.2) is 4.79 Å². The molecule has 0 N–H and O–H groups in total. The molecule has 0 radical (unpaired) electrons. The average Bonchev–Trinajstić information content (AvgIpc) is 2.43. The van der Waals surface area contributed by atoms with Gasteiger partial charge in [0, 0.05) is 0 Å². The van der Waals surface area contributed by atoms with E-state index in [1.807, 2.05) is 6.08 Å². The van der Waals surface area contributed by atoms with E-state index in [0.29, 0.717) is 0 Å². The zero-order valence-electron chi connectivity index (χ0n) is 12.8. The summed E-state index contributed by atoms with van der Waals surface area (Å²) < 4.78 is 9.78. The normalized spacial score (nSPS) is 12.6. The zero-order valence-corrected chi connectivity index (χ0v) is 12.8. The first-order valence-electron chi connectivity index (χ1n) is 7.60. The first kappa shape index (κ1) is 18.0. The van der Waals surface area contributed by atoms with Crippen LogP contribution < -0.4 is 0 Å². The minimum absolute atomic E-state index is 0.336. The van der Waals surface area contributed by atoms with Crippen molar-refractivity contribution < 1.29 is 14.3 Å². The van der Waals surface area contributed by atoms with Crippen molar-refractivity contribution in [3.05, 3.63) is 12.3 Å². The van der Waals surface area contributed by atoms with E-state index in [-0.39, 0.29) is 5.97 Å². The van der Waals surface area contributed by atoms with Crippen LogP contribution in [-0.2, 0) is 14.3 Å². The molecule has 0 aliphatic carbocycles. The summed E-state index contributed by atoms with van der Waals surface area (Å²) in [4.78, 5) is 11.0. The highest BCUT2D eigenvalue weighted by atomic mass is 16.6. The standard InChI is InChI=1S/C16H30O3/c1-4-5-6-7-8-9-10-11-12-13-14-19-15(2)16(17)18-3/h13-15H,4-12H2,1-3H3. The van der Waals surface area contributed by atoms with Crippen molar-refractivity contribution in [3.63, 3.8) is 0 Å². The number of carbonyl (C=O) groups excluding carboxylic acids is 1. The molecule has 0 spiro atoms. The molecule has 19 heavy (non-hydrogen) atoms. The molecule has 3 heteroatoms. The van der Waals surface area contributed by atoms with Crippen molar-refractivity contribution in [1.82, 2.24) is 0 Å². The van der Waals surface area contributed by atoms with Gasteiger partial charge < -0.3 is 9.47 Å². The molecule has 0 heterocycles. The molecule has 0 aliphatic heterocycles. The Morgan fingerprint density at radius 1 is 1.05 bits per heavy atom. The lowest BCUT2D eigenvalue weighted by Crippen LogP contribution is -2.19. The lowest BCUT2D eigenvalue weighted by atomic mass is 10.1. The van der Waals surface area contributed by atoms with Crippen molar-refractivity contribution >= 4 is 5.97 Å². The van der Waals surface area contributed by atoms with E-state index in [1.165, 1.54) is 58.5 Å². The van der Waals surface area contributed by atoms with Crippen molar-refractivity contribution in [3.8, 4) is 0 Å². The average molecular weight is 270 g/mol. The smallest absolute Gasteiger partial charge is 0.346 e. The Hall–Kier alpha value is -0.990. The second kappa shape index (κ2) is 13.4. The van der Waals surface area contributed by atoms with Crippen LogP contribution in [0.1, 0.15) is 71.6 Å². The highest BCUT2D eigenvalue weighted by Crippen LogP contribution is 2.09. The lowest BCUT2D eigenvalue weighted by Gasteiger charge is -2.07. The third-order valence-electron chi connectivity index (χ3n) is 3.14. The Labute approximate surface area is 118 Å². The minimum atomic E-state index is -0.514. The Morgan fingerprint density at radius 3 is 2.21 bits per heavy atom. The fourth-order valence-electron chi connectivity index (χ4n) is 1.86. The lowest BCUT2D eigenvalue weighted by molar-refractivity contribution is -0.149. The quantitative estimate of drug-likeness (QED) is 0.295. The maximum Gasteiger partial charge on any atom is 0.346 e. The maximum atomic E-state index is 11.0. The molecule has 3 nitrogen and oxygen atoms in total. The van der Waals surface area contributed by atoms with E-state index in [2.05, 4.69) is 11.7 Å². The summed E-state index contributed by atoms with van der Waals surface area (Å²) in [5, 5.41) is 0. The number of methoxy groups -OCH3 is 1. The monoisotopic (exact) mass is 270 g/mol. The van der Waals surface area contributed by atoms with Crippen LogP contribution >= 0.6 is 0 Å². The molecule has 112 valence electrons. The van der Waals surface area contributed by atoms with Gasteiger partial charge >= 0.3 is 5.97 Å². The molecule has 0 amide bonds. The van der Waals surface area contributed by atoms with Gasteiger partial charge in [-0.15, -0.1) is 0 Å². The van der Waals surface area contributed by atoms with Crippen LogP contribution in [0.25, 0.3) is 0 Å². The molecule has 1 atom stereocenters. The Balaban J connectivity index is 3.27. The van der Waals surface area contributed by atoms with Crippen molar-refractivity contribution in [1.29, 1.82) is 0 Å². The summed E-state index contributed by atoms with van der Waals surface area (Å²) in [5.41, 5.74) is 0. The van der Waals surface area contributed by atoms with E-state index in [9.17, 15) is 4.79 Å². The third-order valence-corrected chi connectivity index (χ3v) is 3.14. The van der Waals surface area contributed by atoms with E-state index >= 15 is 0 Å². The van der Waals surface area contributed by atoms with Crippen LogP contribution in [0.15, 0.2) is 12.3 Å². The largest absolute Gasteiger partial charge is 0.487 e. The van der Waals surface area contributed by atoms with Gasteiger partial charge in [-0.05, 0) is 25.8 Å². The first-order valence-corrected chi connectivity index (χ1v) is 7.60. The molecular formula is C16H30O3. The number of esters is 1. The molecule has 0 aromatic rings. The topological polar surface area (TPSA) is 35.5 Å². The van der Waals surface area contributed by atoms with E-state index < -0.39 is 6.10 Å². The van der Waals surface area contributed by atoms with Crippen LogP contribution in [-0.4, -0.2) is 19.2 Å². The Kier molecular flexibility index (Phi) is 12.7. The zero-order chi connectivity index (χ0) is 14.3. The second-order valence-electron chi connectivity index (χ2n) is 4.94. The van der Waals surface area contributed by atoms with Gasteiger partial charge in [0.1, 0.15) is 0 Å². The predicted molar refractivity (Wildman–Crippen MR) is 78.9 cm³/mol. The minimum Gasteiger partial charge on any atom is -0.487 e. The summed E-state index contributed by atoms with van der Waals surface area (Å²) in [6, 6.07) is 0. The van der Waals surface area contributed by atoms with Gasteiger partial charge in [0.05, 0.1) is 13.4 Å². The van der Waals surface area contributed by atoms with E-state index in [1.54, 1.807) is 13.2 Å². The van der Waals surface area contributed by atoms with Gasteiger partial charge in [0.25, 0.3) is 0 Å². The highest BCUT2D eigenvalue weighted by Gasteiger charge is 2.11. The number of ether oxygens (including phenoxy) is 2. The fraction of sp³-hybridized carbons (Fsp3) is 0.812. The molecule has 0 saturated heterocycles. The van der Waals surface area contributed by atoms with Gasteiger partial charge in [-0.1, -0.05) is 51.9 Å². The van der Waals surface area contributed by atoms with Gasteiger partial charge in [-0.2, -0.15) is 0 Å². The molecule has 0 aliphatic rings. The van der Waals surface area contributed by atoms with Crippen LogP contribution in [0.4, 0.5) is 0 Å². The van der Waals surface area contributed by atoms with Gasteiger partial charge in [0.2, 0.25) is 0 Å². The molecule has 0 saturated carbocycles. The van der Waals surface area contributed by atoms with Crippen LogP contribution in [0.5, 0.6) is 0 Å². The van der Waals surface area contributed by atoms with Crippen LogP contribution in [0, 0.1) is 0 Å². The van der Waals surface area contributed by atoms with Gasteiger partial charge in [0.15, 0.2) is 6.10 Å². The molecule has 0 fully saturated rings. The van der Waals surface area contributed by atoms with E-state index in [0.717, 1.165) is 6.42 Å². The van der Waals surface area contributed by atoms with Crippen molar-refractivity contribution in [2.24, 2.45) is 0 Å². The van der Waals surface area contributed by atoms with Gasteiger partial charge in [-0.3, -0.25) is 0 Å². The molecular weight excluding hydrogens is 240 g/mol. The summed E-state index contributed by atoms with van der Waals surface area (Å²) in [6.07, 6.45) is 14.7. The van der Waals surface area contributed by atoms with E-state index in [4.69, 9.17) is 4.74 Å². The molecule has 0 aromatic carbocycles. The summed E-state index contributed by atoms with van der Waals surface area (Å²) in [7, 11) is 1.37. The number of allylic oxidation sites excluding steroid dienone is 1. The van der Waals surface area contributed by atoms with Crippen LogP contribution in [0.3, 0.4) is 0 Å². The summed E-state index contributed by atoms with van der Waals surface area (Å²) in [6.45, 7) is 3.93. The first-order chi connectivity index (χ1) is 9.22. The number of rotatable bonds is 12. The Morgan fingerprint density at radius 2 is 1.63 bits per heavy atom. The SMILES string of the molecule is CCCCCCCCCCC=COC(C)C(=O)OC. The summed E-state index contributed by atoms with van der Waals surface area (Å²) in [5.74, 6) is -0.336. The predicted octanol–water partition coefficient (Wildman–Crippen LogP) is 4.61. The summed E-state index contributed by atoms with van der Waals surface area (Å²) >= 11 is 0. The highest BCUT2D eigenvalue weighted by molar-refractivity contribution is 5.74. The van der Waals surface area contributed by atoms with Crippen LogP contribution in [0.2, 0.25) is 0 Å². The molecule has 0 rings (SSSR count). The number of hydrogen-bond acceptors (Lipinski definition) is 3. The molecule has 1 unspecified atom stereocenters. The third kappa shape index (κ3) is 11.8. The van der Waals surface area contributed by atoms with Crippen molar-refractivity contribution in [2.45, 2.75) is 77.7 Å². The molecule has 0 aromatic heterocycles. The fourth-order valence-corrected chi connectivity index (χ4v) is 1.86. The number of unbranched alkanes of at least 4 members (excludes halogenated alkanes) is 8. The molecule has 0 bridgehead atoms. The Bertz CT molecular complexity index is 236. The maximum absolute atomic E-state index is 11.0. The second-order valence-corrected chi connectivity index (χ2v) is 4.94. The van der Waals surface area contributed by atoms with Crippen molar-refractivity contribution in [2.75, 3.05) is 7.11 Å². The number of carbonyl (C=O) groups is 1. The number of hydrogen-bond donors (Lipinski definition) is 0.